The molecule has 0 aromatic rings. The van der Waals surface area contributed by atoms with E-state index in [1.807, 2.05) is 0 Å². The third kappa shape index (κ3) is 1.60. The van der Waals surface area contributed by atoms with Crippen LogP contribution in [0.5, 0.6) is 0 Å². The van der Waals surface area contributed by atoms with Gasteiger partial charge in [-0.05, 0) is 19.8 Å². The number of carbonyl (C=O) groups is 2. The molecule has 3 N–H and O–H groups in total. The molecule has 0 atom stereocenters. The van der Waals surface area contributed by atoms with Crippen molar-refractivity contribution in [1.82, 2.24) is 10.2 Å². The van der Waals surface area contributed by atoms with E-state index in [1.165, 1.54) is 6.08 Å². The Hall–Kier alpha value is -1.78. The molecule has 2 amide bonds. The minimum Gasteiger partial charge on any atom is -0.366 e. The maximum Gasteiger partial charge on any atom is 0.253 e. The monoisotopic (exact) mass is 207 g/mol. The van der Waals surface area contributed by atoms with E-state index in [9.17, 15) is 9.59 Å². The van der Waals surface area contributed by atoms with Crippen molar-refractivity contribution in [3.05, 3.63) is 23.2 Å². The van der Waals surface area contributed by atoms with Crippen molar-refractivity contribution in [3.8, 4) is 0 Å². The average Bonchev–Trinajstić information content (AvgIpc) is 2.16. The highest BCUT2D eigenvalue weighted by Crippen LogP contribution is 2.24. The van der Waals surface area contributed by atoms with E-state index in [4.69, 9.17) is 5.73 Å². The summed E-state index contributed by atoms with van der Waals surface area (Å²) in [7, 11) is 0. The lowest BCUT2D eigenvalue weighted by Crippen LogP contribution is -2.44. The quantitative estimate of drug-likeness (QED) is 0.626. The fourth-order valence-corrected chi connectivity index (χ4v) is 1.90. The first-order valence-corrected chi connectivity index (χ1v) is 4.89. The van der Waals surface area contributed by atoms with E-state index < -0.39 is 5.91 Å². The lowest BCUT2D eigenvalue weighted by molar-refractivity contribution is -0.125. The average molecular weight is 207 g/mol. The van der Waals surface area contributed by atoms with E-state index >= 15 is 0 Å². The molecule has 0 radical (unpaired) electrons. The van der Waals surface area contributed by atoms with Crippen molar-refractivity contribution in [2.24, 2.45) is 5.73 Å². The largest absolute Gasteiger partial charge is 0.366 e. The van der Waals surface area contributed by atoms with Gasteiger partial charge < -0.3 is 11.1 Å². The van der Waals surface area contributed by atoms with Crippen LogP contribution >= 0.6 is 0 Å². The molecular weight excluding hydrogens is 194 g/mol. The molecule has 2 aliphatic heterocycles. The number of allylic oxidation sites excluding steroid dienone is 1. The van der Waals surface area contributed by atoms with Crippen LogP contribution in [-0.4, -0.2) is 23.3 Å². The molecule has 2 aliphatic rings. The third-order valence-corrected chi connectivity index (χ3v) is 2.58. The minimum absolute atomic E-state index is 0.0836. The third-order valence-electron chi connectivity index (χ3n) is 2.58. The van der Waals surface area contributed by atoms with Gasteiger partial charge in [-0.15, -0.1) is 0 Å². The summed E-state index contributed by atoms with van der Waals surface area (Å²) in [4.78, 5) is 24.4. The van der Waals surface area contributed by atoms with Crippen LogP contribution in [0.25, 0.3) is 0 Å². The van der Waals surface area contributed by atoms with Gasteiger partial charge in [-0.3, -0.25) is 14.5 Å². The summed E-state index contributed by atoms with van der Waals surface area (Å²) in [6, 6.07) is 0. The van der Waals surface area contributed by atoms with Crippen LogP contribution < -0.4 is 11.1 Å². The molecule has 0 unspecified atom stereocenters. The number of nitrogens with one attached hydrogen (secondary N) is 1. The van der Waals surface area contributed by atoms with Gasteiger partial charge in [0.2, 0.25) is 5.91 Å². The Balaban J connectivity index is 2.46. The van der Waals surface area contributed by atoms with Gasteiger partial charge in [0, 0.05) is 18.3 Å². The van der Waals surface area contributed by atoms with E-state index in [1.54, 1.807) is 11.8 Å². The second-order valence-corrected chi connectivity index (χ2v) is 3.74. The van der Waals surface area contributed by atoms with E-state index in [2.05, 4.69) is 5.32 Å². The zero-order valence-corrected chi connectivity index (χ0v) is 8.54. The van der Waals surface area contributed by atoms with Crippen LogP contribution in [0, 0.1) is 0 Å². The van der Waals surface area contributed by atoms with Crippen molar-refractivity contribution in [2.45, 2.75) is 19.8 Å². The molecule has 0 saturated carbocycles. The topological polar surface area (TPSA) is 75.4 Å². The SMILES string of the molecule is CC1=CC(=O)N2CCCC(C(N)=O)=C2N1. The number of carbonyl (C=O) groups excluding carboxylic acids is 2. The summed E-state index contributed by atoms with van der Waals surface area (Å²) in [6.45, 7) is 2.43. The molecule has 0 fully saturated rings. The van der Waals surface area contributed by atoms with Crippen LogP contribution in [0.15, 0.2) is 23.2 Å². The van der Waals surface area contributed by atoms with Crippen LogP contribution in [0.3, 0.4) is 0 Å². The first-order valence-electron chi connectivity index (χ1n) is 4.89. The Labute approximate surface area is 87.6 Å². The minimum atomic E-state index is -0.454. The molecule has 15 heavy (non-hydrogen) atoms. The molecule has 0 spiro atoms. The number of hydrogen-bond acceptors (Lipinski definition) is 3. The number of nitrogens with zero attached hydrogens (tertiary/aromatic N) is 1. The summed E-state index contributed by atoms with van der Waals surface area (Å²) in [5.74, 6) is 0.0307. The normalized spacial score (nSPS) is 20.7. The van der Waals surface area contributed by atoms with Crippen LogP contribution in [0.1, 0.15) is 19.8 Å². The number of nitrogens with two attached hydrogens (primary N) is 1. The Morgan fingerprint density at radius 3 is 3.00 bits per heavy atom. The van der Waals surface area contributed by atoms with Crippen molar-refractivity contribution >= 4 is 11.8 Å². The molecule has 0 aromatic heterocycles. The highest BCUT2D eigenvalue weighted by atomic mass is 16.2. The molecule has 2 rings (SSSR count). The highest BCUT2D eigenvalue weighted by molar-refractivity contribution is 5.96. The summed E-state index contributed by atoms with van der Waals surface area (Å²) in [6.07, 6.45) is 2.93. The molecule has 80 valence electrons. The molecular formula is C10H13N3O2. The molecule has 5 heteroatoms. The second-order valence-electron chi connectivity index (χ2n) is 3.74. The Morgan fingerprint density at radius 2 is 2.33 bits per heavy atom. The molecule has 5 nitrogen and oxygen atoms in total. The maximum absolute atomic E-state index is 11.6. The van der Waals surface area contributed by atoms with Gasteiger partial charge in [-0.25, -0.2) is 0 Å². The fourth-order valence-electron chi connectivity index (χ4n) is 1.90. The molecule has 0 saturated heterocycles. The number of amides is 2. The predicted octanol–water partition coefficient (Wildman–Crippen LogP) is -0.187. The first-order chi connectivity index (χ1) is 7.09. The van der Waals surface area contributed by atoms with Gasteiger partial charge in [-0.1, -0.05) is 0 Å². The molecule has 0 aliphatic carbocycles. The van der Waals surface area contributed by atoms with Crippen LogP contribution in [-0.2, 0) is 9.59 Å². The first kappa shape index (κ1) is 9.76. The molecule has 0 aromatic carbocycles. The smallest absolute Gasteiger partial charge is 0.253 e. The number of rotatable bonds is 1. The van der Waals surface area contributed by atoms with Gasteiger partial charge in [0.05, 0.1) is 5.57 Å². The molecule has 2 heterocycles. The number of hydrogen-bond donors (Lipinski definition) is 2. The maximum atomic E-state index is 11.6. The van der Waals surface area contributed by atoms with Gasteiger partial charge in [-0.2, -0.15) is 0 Å². The van der Waals surface area contributed by atoms with E-state index in [-0.39, 0.29) is 5.91 Å². The Morgan fingerprint density at radius 1 is 1.60 bits per heavy atom. The second kappa shape index (κ2) is 3.42. The summed E-state index contributed by atoms with van der Waals surface area (Å²) < 4.78 is 0. The van der Waals surface area contributed by atoms with E-state index in [0.717, 1.165) is 12.1 Å². The zero-order valence-electron chi connectivity index (χ0n) is 8.54. The van der Waals surface area contributed by atoms with Gasteiger partial charge in [0.15, 0.2) is 0 Å². The summed E-state index contributed by atoms with van der Waals surface area (Å²) in [5.41, 5.74) is 6.53. The van der Waals surface area contributed by atoms with Gasteiger partial charge in [0.1, 0.15) is 5.82 Å². The Kier molecular flexibility index (Phi) is 2.22. The lowest BCUT2D eigenvalue weighted by Gasteiger charge is -2.34. The fraction of sp³-hybridized carbons (Fsp3) is 0.400. The van der Waals surface area contributed by atoms with Crippen LogP contribution in [0.2, 0.25) is 0 Å². The van der Waals surface area contributed by atoms with Crippen molar-refractivity contribution in [1.29, 1.82) is 0 Å². The lowest BCUT2D eigenvalue weighted by atomic mass is 10.0. The summed E-state index contributed by atoms with van der Waals surface area (Å²) >= 11 is 0. The molecule has 0 bridgehead atoms. The Bertz CT molecular complexity index is 395. The number of primary amides is 1. The van der Waals surface area contributed by atoms with Crippen molar-refractivity contribution in [3.63, 3.8) is 0 Å². The van der Waals surface area contributed by atoms with Crippen LogP contribution in [0.4, 0.5) is 0 Å². The highest BCUT2D eigenvalue weighted by Gasteiger charge is 2.29. The van der Waals surface area contributed by atoms with Gasteiger partial charge in [0.25, 0.3) is 5.91 Å². The van der Waals surface area contributed by atoms with Crippen molar-refractivity contribution in [2.75, 3.05) is 6.54 Å². The summed E-state index contributed by atoms with van der Waals surface area (Å²) in [5, 5.41) is 3.03. The van der Waals surface area contributed by atoms with Crippen molar-refractivity contribution < 1.29 is 9.59 Å². The predicted molar refractivity (Wildman–Crippen MR) is 54.1 cm³/mol. The number of fused-ring (bicyclic) bond motifs is 1. The standard InChI is InChI=1S/C10H13N3O2/c1-6-5-8(14)13-4-2-3-7(9(11)15)10(13)12-6/h5,12H,2-4H2,1H3,(H2,11,15). The van der Waals surface area contributed by atoms with E-state index in [0.29, 0.717) is 24.4 Å². The zero-order chi connectivity index (χ0) is 11.0. The van der Waals surface area contributed by atoms with Gasteiger partial charge >= 0.3 is 0 Å².